The quantitative estimate of drug-likeness (QED) is 0.588. The second kappa shape index (κ2) is 8.92. The molecule has 1 atom stereocenters. The van der Waals surface area contributed by atoms with Crippen LogP contribution in [0.2, 0.25) is 0 Å². The van der Waals surface area contributed by atoms with Gasteiger partial charge in [-0.2, -0.15) is 0 Å². The molecule has 1 unspecified atom stereocenters. The first kappa shape index (κ1) is 18.5. The van der Waals surface area contributed by atoms with Crippen molar-refractivity contribution in [1.82, 2.24) is 25.3 Å². The lowest BCUT2D eigenvalue weighted by atomic mass is 9.97. The zero-order chi connectivity index (χ0) is 19.2. The summed E-state index contributed by atoms with van der Waals surface area (Å²) in [5, 5.41) is 11.0. The van der Waals surface area contributed by atoms with Gasteiger partial charge in [-0.05, 0) is 54.6 Å². The van der Waals surface area contributed by atoms with E-state index < -0.39 is 0 Å². The van der Waals surface area contributed by atoms with E-state index in [1.807, 2.05) is 18.3 Å². The van der Waals surface area contributed by atoms with Crippen LogP contribution in [0.4, 0.5) is 11.6 Å². The number of anilines is 2. The molecule has 1 aliphatic heterocycles. The zero-order valence-electron chi connectivity index (χ0n) is 16.0. The maximum atomic E-state index is 5.15. The highest BCUT2D eigenvalue weighted by molar-refractivity contribution is 5.74. The van der Waals surface area contributed by atoms with E-state index in [2.05, 4.69) is 36.6 Å². The third kappa shape index (κ3) is 4.19. The minimum Gasteiger partial charge on any atom is -0.383 e. The largest absolute Gasteiger partial charge is 0.383 e. The van der Waals surface area contributed by atoms with Gasteiger partial charge >= 0.3 is 0 Å². The topological polar surface area (TPSA) is 102 Å². The average Bonchev–Trinajstić information content (AvgIpc) is 3.20. The van der Waals surface area contributed by atoms with E-state index in [9.17, 15) is 0 Å². The van der Waals surface area contributed by atoms with Gasteiger partial charge in [0.2, 0.25) is 11.3 Å². The lowest BCUT2D eigenvalue weighted by Crippen LogP contribution is -2.41. The Hall–Kier alpha value is -2.81. The third-order valence-electron chi connectivity index (χ3n) is 5.05. The van der Waals surface area contributed by atoms with Crippen molar-refractivity contribution >= 4 is 22.9 Å². The Balaban J connectivity index is 1.58. The van der Waals surface area contributed by atoms with Crippen LogP contribution in [0.15, 0.2) is 29.0 Å². The van der Waals surface area contributed by atoms with Crippen LogP contribution < -0.4 is 10.2 Å². The van der Waals surface area contributed by atoms with Crippen LogP contribution in [0, 0.1) is 0 Å². The number of hydrogen-bond donors (Lipinski definition) is 1. The van der Waals surface area contributed by atoms with Crippen LogP contribution in [-0.4, -0.2) is 58.1 Å². The maximum absolute atomic E-state index is 5.15. The number of aryl methyl sites for hydroxylation is 1. The maximum Gasteiger partial charge on any atom is 0.245 e. The Morgan fingerprint density at radius 1 is 1.21 bits per heavy atom. The molecule has 4 heterocycles. The van der Waals surface area contributed by atoms with Gasteiger partial charge in [0, 0.05) is 38.1 Å². The fourth-order valence-electron chi connectivity index (χ4n) is 3.66. The smallest absolute Gasteiger partial charge is 0.245 e. The molecule has 0 aromatic carbocycles. The van der Waals surface area contributed by atoms with Gasteiger partial charge in [0.25, 0.3) is 0 Å². The fraction of sp³-hybridized carbons (Fsp3) is 0.526. The molecule has 0 bridgehead atoms. The van der Waals surface area contributed by atoms with Gasteiger partial charge in [0.05, 0.1) is 6.61 Å². The number of nitrogens with zero attached hydrogens (tertiary/aromatic N) is 6. The van der Waals surface area contributed by atoms with Gasteiger partial charge < -0.3 is 15.0 Å². The second-order valence-electron chi connectivity index (χ2n) is 6.93. The summed E-state index contributed by atoms with van der Waals surface area (Å²) in [5.74, 6) is 1.51. The molecule has 28 heavy (non-hydrogen) atoms. The van der Waals surface area contributed by atoms with Crippen LogP contribution in [-0.2, 0) is 11.2 Å². The molecule has 0 amide bonds. The summed E-state index contributed by atoms with van der Waals surface area (Å²) in [4.78, 5) is 16.1. The summed E-state index contributed by atoms with van der Waals surface area (Å²) in [6, 6.07) is 6.45. The molecular weight excluding hydrogens is 358 g/mol. The number of ether oxygens (including phenoxy) is 1. The van der Waals surface area contributed by atoms with Crippen molar-refractivity contribution in [2.45, 2.75) is 38.1 Å². The predicted molar refractivity (Wildman–Crippen MR) is 105 cm³/mol. The number of piperidine rings is 1. The number of rotatable bonds is 8. The van der Waals surface area contributed by atoms with Crippen LogP contribution in [0.3, 0.4) is 0 Å². The van der Waals surface area contributed by atoms with Gasteiger partial charge in [0.1, 0.15) is 0 Å². The molecule has 9 heteroatoms. The molecule has 1 fully saturated rings. The number of nitrogens with one attached hydrogen (secondary N) is 1. The van der Waals surface area contributed by atoms with Crippen molar-refractivity contribution in [2.75, 3.05) is 37.0 Å². The molecular formula is C19H25N7O2. The highest BCUT2D eigenvalue weighted by Crippen LogP contribution is 2.31. The minimum absolute atomic E-state index is 0.380. The normalized spacial score (nSPS) is 17.2. The predicted octanol–water partition coefficient (Wildman–Crippen LogP) is 2.46. The Kier molecular flexibility index (Phi) is 5.91. The Morgan fingerprint density at radius 3 is 2.93 bits per heavy atom. The van der Waals surface area contributed by atoms with Crippen molar-refractivity contribution in [3.8, 4) is 0 Å². The van der Waals surface area contributed by atoms with Gasteiger partial charge in [-0.1, -0.05) is 6.07 Å². The fourth-order valence-corrected chi connectivity index (χ4v) is 3.66. The number of aromatic nitrogens is 5. The second-order valence-corrected chi connectivity index (χ2v) is 6.93. The van der Waals surface area contributed by atoms with Crippen molar-refractivity contribution in [3.63, 3.8) is 0 Å². The molecule has 0 saturated carbocycles. The minimum atomic E-state index is 0.380. The SMILES string of the molecule is COCCNc1nc2nonc2nc1N1CCCCC1CCc1ccccn1. The van der Waals surface area contributed by atoms with E-state index in [1.165, 1.54) is 6.42 Å². The lowest BCUT2D eigenvalue weighted by Gasteiger charge is -2.37. The number of fused-ring (bicyclic) bond motifs is 1. The van der Waals surface area contributed by atoms with Crippen LogP contribution in [0.25, 0.3) is 11.3 Å². The van der Waals surface area contributed by atoms with E-state index in [0.717, 1.165) is 43.7 Å². The number of pyridine rings is 1. The Morgan fingerprint density at radius 2 is 2.11 bits per heavy atom. The Labute approximate surface area is 163 Å². The first-order valence-corrected chi connectivity index (χ1v) is 9.75. The van der Waals surface area contributed by atoms with Crippen LogP contribution in [0.5, 0.6) is 0 Å². The standard InChI is InChI=1S/C19H25N7O2/c1-27-13-11-21-18-19(23-17-16(22-18)24-28-25-17)26-12-5-3-7-15(26)9-8-14-6-2-4-10-20-14/h2,4,6,10,15H,3,5,7-9,11-13H2,1H3,(H,21,22,24). The van der Waals surface area contributed by atoms with Crippen LogP contribution >= 0.6 is 0 Å². The summed E-state index contributed by atoms with van der Waals surface area (Å²) < 4.78 is 9.97. The molecule has 0 aliphatic carbocycles. The monoisotopic (exact) mass is 383 g/mol. The van der Waals surface area contributed by atoms with Crippen molar-refractivity contribution in [3.05, 3.63) is 30.1 Å². The number of hydrogen-bond acceptors (Lipinski definition) is 9. The molecule has 9 nitrogen and oxygen atoms in total. The first-order valence-electron chi connectivity index (χ1n) is 9.75. The molecule has 0 radical (unpaired) electrons. The summed E-state index contributed by atoms with van der Waals surface area (Å²) in [7, 11) is 1.68. The highest BCUT2D eigenvalue weighted by Gasteiger charge is 2.27. The van der Waals surface area contributed by atoms with Gasteiger partial charge in [0.15, 0.2) is 11.6 Å². The third-order valence-corrected chi connectivity index (χ3v) is 5.05. The molecule has 1 saturated heterocycles. The van der Waals surface area contributed by atoms with Crippen molar-refractivity contribution < 1.29 is 9.37 Å². The highest BCUT2D eigenvalue weighted by atomic mass is 16.6. The molecule has 0 spiro atoms. The van der Waals surface area contributed by atoms with Gasteiger partial charge in [-0.15, -0.1) is 0 Å². The lowest BCUT2D eigenvalue weighted by molar-refractivity contribution is 0.210. The summed E-state index contributed by atoms with van der Waals surface area (Å²) in [5.41, 5.74) is 1.96. The van der Waals surface area contributed by atoms with Crippen molar-refractivity contribution in [2.24, 2.45) is 0 Å². The van der Waals surface area contributed by atoms with E-state index in [1.54, 1.807) is 7.11 Å². The molecule has 4 rings (SSSR count). The number of methoxy groups -OCH3 is 1. The van der Waals surface area contributed by atoms with Crippen LogP contribution in [0.1, 0.15) is 31.4 Å². The van der Waals surface area contributed by atoms with Gasteiger partial charge in [-0.25, -0.2) is 14.6 Å². The molecule has 1 aliphatic rings. The molecule has 1 N–H and O–H groups in total. The molecule has 148 valence electrons. The van der Waals surface area contributed by atoms with E-state index in [4.69, 9.17) is 14.3 Å². The van der Waals surface area contributed by atoms with Crippen molar-refractivity contribution in [1.29, 1.82) is 0 Å². The first-order chi connectivity index (χ1) is 13.8. The van der Waals surface area contributed by atoms with E-state index in [0.29, 0.717) is 36.3 Å². The Bertz CT molecular complexity index is 886. The van der Waals surface area contributed by atoms with E-state index in [-0.39, 0.29) is 0 Å². The molecule has 3 aromatic heterocycles. The molecule has 3 aromatic rings. The van der Waals surface area contributed by atoms with Gasteiger partial charge in [-0.3, -0.25) is 4.98 Å². The summed E-state index contributed by atoms with van der Waals surface area (Å²) in [6.45, 7) is 2.16. The van der Waals surface area contributed by atoms with E-state index >= 15 is 0 Å². The average molecular weight is 383 g/mol. The summed E-state index contributed by atoms with van der Waals surface area (Å²) in [6.07, 6.45) is 7.29. The summed E-state index contributed by atoms with van der Waals surface area (Å²) >= 11 is 0. The zero-order valence-corrected chi connectivity index (χ0v) is 16.0.